The number of benzene rings is 7. The average molecular weight is 2240 g/mol. The third kappa shape index (κ3) is 50.9. The number of phenols is 1. The summed E-state index contributed by atoms with van der Waals surface area (Å²) in [6, 6.07) is 71.2. The van der Waals surface area contributed by atoms with E-state index < -0.39 is 35.9 Å². The molecule has 0 saturated carbocycles. The van der Waals surface area contributed by atoms with Gasteiger partial charge in [0.05, 0.1) is 61.3 Å². The van der Waals surface area contributed by atoms with Gasteiger partial charge in [0.2, 0.25) is 26.8 Å². The summed E-state index contributed by atoms with van der Waals surface area (Å²) >= 11 is 22.0. The molecule has 17 aromatic rings. The Labute approximate surface area is 926 Å². The van der Waals surface area contributed by atoms with Gasteiger partial charge in [-0.3, -0.25) is 29.4 Å². The standard InChI is InChI=1S/C21H18N2O.C13H13BO3.C9H9ClN2.C8H8ClN3.C8H9N3O.C7H5ClN2.C7H9N3O2.C7H11N3.C5H3ClN2O2.C3H8.C2H7N.8C2H6.CH4.2ClH.Na.Sn.H/c1-2-23-20-6-4-3-5-19(20)22-21(23)17-9-7-15(8-10-17)16-11-13-18(24)14-12-16;1-17-13-8-4-11(5-9-13)10-2-6-12(7-3-10)14(15)16;1-2-12-8-6-4-3-5-7(8)11-9(12)10;1-2-12-7-6(11-8(12)9)4-3-5-10-7;1-2-11-7-6(10-8(11)12)4-3-5-9-7;8-7-9-5-3-1-2-4-6(5)10-7;1-2-8-7-6(10(11)12)4-3-5-9-7;1-2-9-7-6(8)4-3-5-10-7;6-5-4(8(9)10)2-1-3-7-5;1-3-2;1-2-3;8*1-2;;;;;;/h3-14,24H,2H2,1H3;2-9,15-16H,1H3;3-6H,2H2,1H3;3-5H,2H2,1H3;3-5H,2H2,1H3,(H,10,12);1-4H,(H,9,10);3-5H,2H2,1H3,(H,8,9);3-5H,2,8H2,1H3,(H,9,10);1-3H;3H2,1-2H3;2-3H2,1H3;8*1-2H3;1H4;2*1H;;;/q;;;;;;;;;;;;;;;;;;;;;;+1;+2;-1/p-2. The number of nitrogens with zero attached hydrogens (tertiary/aromatic N) is 15. The zero-order valence-electron chi connectivity index (χ0n) is 90.0. The van der Waals surface area contributed by atoms with E-state index in [4.69, 9.17) is 95.5 Å². The number of nitrogen functional groups attached to an aromatic ring is 1. The van der Waals surface area contributed by atoms with E-state index in [1.807, 2.05) is 294 Å². The molecule has 790 valence electrons. The first-order valence-electron chi connectivity index (χ1n) is 48.2. The second kappa shape index (κ2) is 89.0. The number of ether oxygens (including phenoxy) is 1. The maximum absolute atomic E-state index is 11.2. The number of pyridine rings is 5. The van der Waals surface area contributed by atoms with Crippen LogP contribution in [0.15, 0.2) is 266 Å². The maximum Gasteiger partial charge on any atom is 1.00 e. The molecule has 0 aliphatic heterocycles. The molecule has 7 aromatic carbocycles. The van der Waals surface area contributed by atoms with E-state index in [9.17, 15) is 30.1 Å². The fourth-order valence-corrected chi connectivity index (χ4v) is 12.5. The fraction of sp³-hybridized carbons (Fsp3) is 0.327. The predicted octanol–water partition coefficient (Wildman–Crippen LogP) is 26.4. The minimum absolute atomic E-state index is 0. The number of hydrogen-bond donors (Lipinski definition) is 9. The van der Waals surface area contributed by atoms with Gasteiger partial charge in [0, 0.05) is 87.9 Å². The quantitative estimate of drug-likeness (QED) is 0.0199. The molecule has 17 rings (SSSR count). The van der Waals surface area contributed by atoms with Gasteiger partial charge in [0.25, 0.3) is 0 Å². The number of imidazole rings is 5. The maximum atomic E-state index is 11.2. The number of aromatic nitrogens is 15. The molecule has 0 fully saturated rings. The second-order valence-corrected chi connectivity index (χ2v) is 31.7. The monoisotopic (exact) mass is 2240 g/mol. The van der Waals surface area contributed by atoms with E-state index in [0.717, 1.165) is 133 Å². The van der Waals surface area contributed by atoms with Gasteiger partial charge in [-0.25, -0.2) is 49.7 Å². The molecule has 0 amide bonds. The Balaban J connectivity index is -0.000000373. The van der Waals surface area contributed by atoms with Crippen molar-refractivity contribution < 1.29 is 60.7 Å². The molecular weight excluding hydrogens is 2090 g/mol. The van der Waals surface area contributed by atoms with Gasteiger partial charge in [-0.05, 0) is 220 Å². The molecular formula is C107H153BCl6N21NaO9Sn. The third-order valence-electron chi connectivity index (χ3n) is 17.3. The second-order valence-electron chi connectivity index (χ2n) is 26.1. The molecule has 0 spiro atoms. The molecule has 0 unspecified atom stereocenters. The number of anilines is 3. The molecule has 0 saturated heterocycles. The van der Waals surface area contributed by atoms with Crippen LogP contribution in [0.25, 0.3) is 89.1 Å². The number of nitro groups is 2. The van der Waals surface area contributed by atoms with E-state index in [1.54, 1.807) is 66.7 Å². The van der Waals surface area contributed by atoms with Crippen molar-refractivity contribution in [1.82, 2.24) is 73.1 Å². The van der Waals surface area contributed by atoms with Crippen molar-refractivity contribution in [3.05, 3.63) is 313 Å². The van der Waals surface area contributed by atoms with Gasteiger partial charge < -0.3 is 62.5 Å². The molecule has 10 aromatic heterocycles. The molecule has 146 heavy (non-hydrogen) atoms. The number of aryl methyl sites for hydroxylation is 4. The number of aromatic amines is 2. The number of aromatic hydroxyl groups is 1. The molecule has 2 radical (unpaired) electrons. The van der Waals surface area contributed by atoms with Gasteiger partial charge in [0.1, 0.15) is 28.7 Å². The van der Waals surface area contributed by atoms with E-state index in [-0.39, 0.29) is 66.4 Å². The van der Waals surface area contributed by atoms with Gasteiger partial charge in [-0.2, -0.15) is 0 Å². The van der Waals surface area contributed by atoms with Crippen molar-refractivity contribution in [3.8, 4) is 45.1 Å². The first-order valence-corrected chi connectivity index (χ1v) is 57.0. The first-order chi connectivity index (χ1) is 69.9. The van der Waals surface area contributed by atoms with Crippen molar-refractivity contribution >= 4 is 180 Å². The summed E-state index contributed by atoms with van der Waals surface area (Å²) in [5, 5.41) is 55.2. The number of methoxy groups -OCH3 is 1. The summed E-state index contributed by atoms with van der Waals surface area (Å²) in [6.07, 6.45) is 9.31. The van der Waals surface area contributed by atoms with Gasteiger partial charge in [-0.15, -0.1) is 0 Å². The van der Waals surface area contributed by atoms with E-state index in [2.05, 4.69) is 129 Å². The first kappa shape index (κ1) is 143. The number of halogens is 6. The van der Waals surface area contributed by atoms with Crippen LogP contribution >= 0.6 is 64.2 Å². The molecule has 0 aliphatic rings. The van der Waals surface area contributed by atoms with Crippen LogP contribution in [0.2, 0.25) is 21.0 Å². The number of phenolic OH excluding ortho intramolecular Hbond substituents is 1. The minimum Gasteiger partial charge on any atom is -1.00 e. The molecule has 10 heterocycles. The Kier molecular flexibility index (Phi) is 87.2. The number of rotatable bonds is 15. The van der Waals surface area contributed by atoms with Gasteiger partial charge in [-0.1, -0.05) is 266 Å². The van der Waals surface area contributed by atoms with Crippen LogP contribution in [0.4, 0.5) is 28.7 Å². The van der Waals surface area contributed by atoms with Crippen molar-refractivity contribution in [2.24, 2.45) is 5.73 Å². The number of fused-ring (bicyclic) bond motifs is 5. The Morgan fingerprint density at radius 1 is 0.438 bits per heavy atom. The summed E-state index contributed by atoms with van der Waals surface area (Å²) in [5.41, 5.74) is 26.1. The zero-order chi connectivity index (χ0) is 109. The summed E-state index contributed by atoms with van der Waals surface area (Å²) in [4.78, 5) is 73.2. The third-order valence-corrected chi connectivity index (χ3v) is 18.3. The van der Waals surface area contributed by atoms with Crippen LogP contribution in [-0.2, 0) is 26.2 Å². The normalized spacial score (nSPS) is 9.12. The Morgan fingerprint density at radius 3 is 1.25 bits per heavy atom. The van der Waals surface area contributed by atoms with E-state index in [1.165, 1.54) is 37.0 Å². The van der Waals surface area contributed by atoms with Crippen LogP contribution in [0.3, 0.4) is 0 Å². The molecule has 11 N–H and O–H groups in total. The van der Waals surface area contributed by atoms with Crippen LogP contribution in [0.5, 0.6) is 11.5 Å². The van der Waals surface area contributed by atoms with Crippen molar-refractivity contribution in [2.45, 2.75) is 213 Å². The Hall–Kier alpha value is -11.3. The van der Waals surface area contributed by atoms with Crippen LogP contribution in [0, 0.1) is 20.2 Å². The molecule has 0 bridgehead atoms. The topological polar surface area (TPSA) is 417 Å². The number of H-pyrrole nitrogens is 2. The largest absolute Gasteiger partial charge is 1.00 e. The van der Waals surface area contributed by atoms with Gasteiger partial charge in [0.15, 0.2) is 11.3 Å². The number of nitrogens with two attached hydrogens (primary N) is 2. The predicted molar refractivity (Wildman–Crippen MR) is 623 cm³/mol. The number of para-hydroxylation sites is 6. The van der Waals surface area contributed by atoms with Crippen LogP contribution in [0.1, 0.15) is 188 Å². The summed E-state index contributed by atoms with van der Waals surface area (Å²) in [7, 11) is 10.1. The fourth-order valence-electron chi connectivity index (χ4n) is 11.6. The SMILES string of the molecule is C.CC.CC.CC.CC.CC.CC.CC.CC.CCC.CCN.CCNc1ncccc1N.CCNc1ncccc1[N+](=O)[O-].CCn1c(-c2ccc(-c3ccc(O)cc3)cc2)nc2ccccc21.CCn1c(=O)[nH]c2cccnc21.CCn1c(Cl)nc2ccccc21.CCn1c(Cl)nc2cccnc21.COc1ccc(-c2ccc(B(O)O)cc2)cc1.Clc1nc2ccccc2[nH]1.O=[N+]([O-])c1cccnc1Cl.[Cl][Sn][Cl].[H-].[Na+]. The number of hydrogen-bond acceptors (Lipinski definition) is 22. The molecule has 0 atom stereocenters. The summed E-state index contributed by atoms with van der Waals surface area (Å²) < 4.78 is 12.8. The molecule has 30 nitrogen and oxygen atoms in total. The Morgan fingerprint density at radius 2 is 0.801 bits per heavy atom. The van der Waals surface area contributed by atoms with Crippen LogP contribution < -0.4 is 67.5 Å². The van der Waals surface area contributed by atoms with E-state index in [0.29, 0.717) is 45.9 Å². The molecule has 39 heteroatoms. The Bertz CT molecular complexity index is 6140. The number of nitrogens with one attached hydrogen (secondary N) is 4. The average Bonchev–Trinajstić information content (AvgIpc) is 1.63. The summed E-state index contributed by atoms with van der Waals surface area (Å²) in [5.74, 6) is 3.19. The van der Waals surface area contributed by atoms with Crippen molar-refractivity contribution in [3.63, 3.8) is 0 Å². The zero-order valence-corrected chi connectivity index (χ0v) is 98.4. The van der Waals surface area contributed by atoms with Crippen molar-refractivity contribution in [2.75, 3.05) is 43.1 Å². The minimum atomic E-state index is -1.42. The summed E-state index contributed by atoms with van der Waals surface area (Å²) in [6.45, 7) is 55.6. The van der Waals surface area contributed by atoms with Crippen molar-refractivity contribution in [1.29, 1.82) is 0 Å². The van der Waals surface area contributed by atoms with Gasteiger partial charge >= 0.3 is 90.5 Å². The van der Waals surface area contributed by atoms with Crippen LogP contribution in [-0.4, -0.2) is 151 Å². The molecule has 0 aliphatic carbocycles. The van der Waals surface area contributed by atoms with E-state index >= 15 is 0 Å². The smallest absolute Gasteiger partial charge is 1.00 e.